The maximum Gasteiger partial charge on any atom is 0.410 e. The number of alkyl halides is 3. The molecule has 1 amide bonds. The monoisotopic (exact) mass is 494 g/mol. The number of amides is 1. The van der Waals surface area contributed by atoms with Gasteiger partial charge in [-0.2, -0.15) is 18.3 Å². The summed E-state index contributed by atoms with van der Waals surface area (Å²) < 4.78 is 47.7. The van der Waals surface area contributed by atoms with Crippen LogP contribution in [0.4, 0.5) is 24.7 Å². The number of benzene rings is 2. The zero-order chi connectivity index (χ0) is 24.6. The molecule has 2 aromatic carbocycles. The van der Waals surface area contributed by atoms with Crippen LogP contribution in [0.2, 0.25) is 5.02 Å². The third kappa shape index (κ3) is 4.69. The lowest BCUT2D eigenvalue weighted by atomic mass is 9.97. The predicted molar refractivity (Wildman–Crippen MR) is 121 cm³/mol. The Kier molecular flexibility index (Phi) is 6.46. The van der Waals surface area contributed by atoms with E-state index in [1.165, 1.54) is 7.11 Å². The zero-order valence-corrected chi connectivity index (χ0v) is 19.0. The van der Waals surface area contributed by atoms with Crippen molar-refractivity contribution in [2.24, 2.45) is 0 Å². The molecule has 34 heavy (non-hydrogen) atoms. The summed E-state index contributed by atoms with van der Waals surface area (Å²) in [4.78, 5) is 12.8. The molecule has 3 N–H and O–H groups in total. The van der Waals surface area contributed by atoms with Crippen LogP contribution in [-0.4, -0.2) is 34.1 Å². The average Bonchev–Trinajstić information content (AvgIpc) is 3.14. The fourth-order valence-corrected chi connectivity index (χ4v) is 4.09. The quantitative estimate of drug-likeness (QED) is 0.435. The standard InChI is InChI=1S/C23H22ClF3N4O3/c1-12(32)13-3-7-15(8-4-13)28-22(33)20-19(24)21-29-17(14-5-9-16(34-2)10-6-14)11-18(23(25,26)27)31(21)30-20/h3-10,12,17-18,29,32H,11H2,1-2H3,(H,28,33). The lowest BCUT2D eigenvalue weighted by molar-refractivity contribution is -0.173. The first-order valence-corrected chi connectivity index (χ1v) is 10.8. The molecular weight excluding hydrogens is 473 g/mol. The first kappa shape index (κ1) is 23.9. The second-order valence-electron chi connectivity index (χ2n) is 7.97. The number of hydrogen-bond donors (Lipinski definition) is 3. The number of nitrogens with one attached hydrogen (secondary N) is 2. The zero-order valence-electron chi connectivity index (χ0n) is 18.2. The van der Waals surface area contributed by atoms with E-state index in [-0.39, 0.29) is 23.0 Å². The third-order valence-electron chi connectivity index (χ3n) is 5.68. The van der Waals surface area contributed by atoms with Gasteiger partial charge >= 0.3 is 6.18 Å². The molecule has 2 heterocycles. The van der Waals surface area contributed by atoms with Crippen LogP contribution in [0.3, 0.4) is 0 Å². The van der Waals surface area contributed by atoms with Gasteiger partial charge in [0.05, 0.1) is 19.3 Å². The van der Waals surface area contributed by atoms with Gasteiger partial charge in [0.1, 0.15) is 16.6 Å². The molecular formula is C23H22ClF3N4O3. The van der Waals surface area contributed by atoms with Gasteiger partial charge in [0.2, 0.25) is 0 Å². The van der Waals surface area contributed by atoms with Crippen molar-refractivity contribution in [1.29, 1.82) is 0 Å². The van der Waals surface area contributed by atoms with Crippen molar-refractivity contribution >= 4 is 29.0 Å². The number of carbonyl (C=O) groups is 1. The Morgan fingerprint density at radius 3 is 2.44 bits per heavy atom. The highest BCUT2D eigenvalue weighted by atomic mass is 35.5. The average molecular weight is 495 g/mol. The number of aliphatic hydroxyl groups is 1. The number of rotatable bonds is 5. The van der Waals surface area contributed by atoms with Crippen molar-refractivity contribution in [2.45, 2.75) is 37.7 Å². The number of carbonyl (C=O) groups excluding carboxylic acids is 1. The van der Waals surface area contributed by atoms with Gasteiger partial charge in [0.25, 0.3) is 5.91 Å². The minimum Gasteiger partial charge on any atom is -0.497 e. The van der Waals surface area contributed by atoms with Crippen molar-refractivity contribution in [3.63, 3.8) is 0 Å². The molecule has 3 aromatic rings. The van der Waals surface area contributed by atoms with E-state index in [9.17, 15) is 23.1 Å². The predicted octanol–water partition coefficient (Wildman–Crippen LogP) is 5.51. The minimum absolute atomic E-state index is 0.0781. The third-order valence-corrected chi connectivity index (χ3v) is 6.04. The molecule has 0 saturated heterocycles. The summed E-state index contributed by atoms with van der Waals surface area (Å²) >= 11 is 6.36. The number of fused-ring (bicyclic) bond motifs is 1. The smallest absolute Gasteiger partial charge is 0.410 e. The first-order chi connectivity index (χ1) is 16.1. The lowest BCUT2D eigenvalue weighted by Crippen LogP contribution is -2.35. The Balaban J connectivity index is 1.64. The normalized spacial score (nSPS) is 18.6. The summed E-state index contributed by atoms with van der Waals surface area (Å²) in [6, 6.07) is 10.4. The highest BCUT2D eigenvalue weighted by Crippen LogP contribution is 2.46. The molecule has 0 spiro atoms. The van der Waals surface area contributed by atoms with Gasteiger partial charge in [0.15, 0.2) is 11.7 Å². The highest BCUT2D eigenvalue weighted by Gasteiger charge is 2.47. The Bertz CT molecular complexity index is 1180. The van der Waals surface area contributed by atoms with E-state index in [1.54, 1.807) is 55.5 Å². The van der Waals surface area contributed by atoms with Crippen LogP contribution in [0.1, 0.15) is 53.1 Å². The van der Waals surface area contributed by atoms with E-state index in [0.29, 0.717) is 22.6 Å². The van der Waals surface area contributed by atoms with E-state index in [1.807, 2.05) is 0 Å². The Morgan fingerprint density at radius 2 is 1.88 bits per heavy atom. The molecule has 1 aromatic heterocycles. The van der Waals surface area contributed by atoms with Gasteiger partial charge in [-0.1, -0.05) is 35.9 Å². The second kappa shape index (κ2) is 9.19. The maximum atomic E-state index is 13.9. The molecule has 1 aliphatic rings. The topological polar surface area (TPSA) is 88.4 Å². The fraction of sp³-hybridized carbons (Fsp3) is 0.304. The van der Waals surface area contributed by atoms with Gasteiger partial charge in [0, 0.05) is 12.1 Å². The molecule has 0 fully saturated rings. The van der Waals surface area contributed by atoms with Gasteiger partial charge in [-0.3, -0.25) is 4.79 Å². The summed E-state index contributed by atoms with van der Waals surface area (Å²) in [7, 11) is 1.50. The van der Waals surface area contributed by atoms with Crippen LogP contribution in [-0.2, 0) is 0 Å². The second-order valence-corrected chi connectivity index (χ2v) is 8.35. The number of aromatic nitrogens is 2. The summed E-state index contributed by atoms with van der Waals surface area (Å²) in [6.07, 6.45) is -5.62. The molecule has 180 valence electrons. The number of hydrogen-bond acceptors (Lipinski definition) is 5. The van der Waals surface area contributed by atoms with E-state index in [2.05, 4.69) is 15.7 Å². The van der Waals surface area contributed by atoms with Crippen LogP contribution in [0.15, 0.2) is 48.5 Å². The molecule has 0 saturated carbocycles. The molecule has 3 unspecified atom stereocenters. The van der Waals surface area contributed by atoms with Crippen LogP contribution in [0, 0.1) is 0 Å². The molecule has 7 nitrogen and oxygen atoms in total. The number of halogens is 4. The molecule has 1 aliphatic heterocycles. The van der Waals surface area contributed by atoms with Crippen molar-refractivity contribution in [2.75, 3.05) is 17.7 Å². The minimum atomic E-state index is -4.61. The van der Waals surface area contributed by atoms with Crippen molar-refractivity contribution in [3.05, 3.63) is 70.4 Å². The first-order valence-electron chi connectivity index (χ1n) is 10.4. The van der Waals surface area contributed by atoms with E-state index in [0.717, 1.165) is 4.68 Å². The lowest BCUT2D eigenvalue weighted by Gasteiger charge is -2.33. The maximum absolute atomic E-state index is 13.9. The number of anilines is 2. The molecule has 0 radical (unpaired) electrons. The van der Waals surface area contributed by atoms with Crippen molar-refractivity contribution in [1.82, 2.24) is 9.78 Å². The van der Waals surface area contributed by atoms with Gasteiger partial charge in [-0.05, 0) is 42.3 Å². The SMILES string of the molecule is COc1ccc(C2CC(C(F)(F)F)n3nc(C(=O)Nc4ccc(C(C)O)cc4)c(Cl)c3N2)cc1. The molecule has 0 bridgehead atoms. The largest absolute Gasteiger partial charge is 0.497 e. The number of methoxy groups -OCH3 is 1. The Labute approximate surface area is 198 Å². The van der Waals surface area contributed by atoms with Crippen molar-refractivity contribution < 1.29 is 27.8 Å². The number of aliphatic hydroxyl groups excluding tert-OH is 1. The van der Waals surface area contributed by atoms with E-state index in [4.69, 9.17) is 16.3 Å². The molecule has 11 heteroatoms. The van der Waals surface area contributed by atoms with E-state index >= 15 is 0 Å². The summed E-state index contributed by atoms with van der Waals surface area (Å²) in [5.41, 5.74) is 1.32. The molecule has 0 aliphatic carbocycles. The summed E-state index contributed by atoms with van der Waals surface area (Å²) in [5.74, 6) is -0.249. The van der Waals surface area contributed by atoms with Crippen LogP contribution < -0.4 is 15.4 Å². The van der Waals surface area contributed by atoms with Gasteiger partial charge < -0.3 is 20.5 Å². The summed E-state index contributed by atoms with van der Waals surface area (Å²) in [5, 5.41) is 18.9. The fourth-order valence-electron chi connectivity index (χ4n) is 3.82. The van der Waals surface area contributed by atoms with Gasteiger partial charge in [-0.15, -0.1) is 0 Å². The Hall–Kier alpha value is -3.24. The molecule has 4 rings (SSSR count). The summed E-state index contributed by atoms with van der Waals surface area (Å²) in [6.45, 7) is 1.60. The van der Waals surface area contributed by atoms with Crippen molar-refractivity contribution in [3.8, 4) is 5.75 Å². The molecule has 3 atom stereocenters. The highest BCUT2D eigenvalue weighted by molar-refractivity contribution is 6.36. The number of ether oxygens (including phenoxy) is 1. The van der Waals surface area contributed by atoms with Crippen LogP contribution in [0.25, 0.3) is 0 Å². The number of nitrogens with zero attached hydrogens (tertiary/aromatic N) is 2. The Morgan fingerprint density at radius 1 is 1.24 bits per heavy atom. The van der Waals surface area contributed by atoms with Crippen LogP contribution in [0.5, 0.6) is 5.75 Å². The van der Waals surface area contributed by atoms with Crippen LogP contribution >= 0.6 is 11.6 Å². The van der Waals surface area contributed by atoms with Gasteiger partial charge in [-0.25, -0.2) is 4.68 Å². The van der Waals surface area contributed by atoms with E-state index < -0.39 is 30.3 Å².